The average molecular weight is 509 g/mol. The molecular formula is C24H24ClF3N4O3. The van der Waals surface area contributed by atoms with Crippen molar-refractivity contribution in [3.05, 3.63) is 63.3 Å². The first kappa shape index (κ1) is 24.9. The Bertz CT molecular complexity index is 1290. The number of urea groups is 1. The molecule has 7 nitrogen and oxygen atoms in total. The number of nitrogens with one attached hydrogen (secondary N) is 4. The molecular weight excluding hydrogens is 485 g/mol. The molecule has 0 spiro atoms. The van der Waals surface area contributed by atoms with Gasteiger partial charge >= 0.3 is 12.2 Å². The van der Waals surface area contributed by atoms with E-state index in [0.717, 1.165) is 39.9 Å². The number of rotatable bonds is 5. The fraction of sp³-hybridized carbons (Fsp3) is 0.333. The van der Waals surface area contributed by atoms with Gasteiger partial charge in [-0.05, 0) is 61.6 Å². The third-order valence-electron chi connectivity index (χ3n) is 6.06. The van der Waals surface area contributed by atoms with Crippen LogP contribution in [-0.4, -0.2) is 41.2 Å². The van der Waals surface area contributed by atoms with Gasteiger partial charge in [0.25, 0.3) is 5.91 Å². The first-order chi connectivity index (χ1) is 16.6. The number of aromatic nitrogens is 1. The van der Waals surface area contributed by atoms with Crippen molar-refractivity contribution in [3.8, 4) is 0 Å². The largest absolute Gasteiger partial charge is 0.417 e. The van der Waals surface area contributed by atoms with Gasteiger partial charge in [0.1, 0.15) is 0 Å². The number of aliphatic hydroxyl groups is 1. The Morgan fingerprint density at radius 2 is 2.00 bits per heavy atom. The van der Waals surface area contributed by atoms with E-state index in [2.05, 4.69) is 20.9 Å². The normalized spacial score (nSPS) is 15.5. The summed E-state index contributed by atoms with van der Waals surface area (Å²) in [6.07, 6.45) is -2.95. The number of anilines is 1. The highest BCUT2D eigenvalue weighted by atomic mass is 35.5. The minimum absolute atomic E-state index is 0.0266. The summed E-state index contributed by atoms with van der Waals surface area (Å²) in [6, 6.07) is 5.85. The molecule has 0 fully saturated rings. The van der Waals surface area contributed by atoms with Crippen LogP contribution in [0, 0.1) is 6.92 Å². The summed E-state index contributed by atoms with van der Waals surface area (Å²) < 4.78 is 39.3. The molecule has 1 atom stereocenters. The predicted octanol–water partition coefficient (Wildman–Crippen LogP) is 4.55. The van der Waals surface area contributed by atoms with E-state index < -0.39 is 22.8 Å². The molecule has 0 bridgehead atoms. The molecule has 3 amide bonds. The van der Waals surface area contributed by atoms with E-state index in [4.69, 9.17) is 16.7 Å². The molecule has 1 unspecified atom stereocenters. The van der Waals surface area contributed by atoms with Gasteiger partial charge in [-0.15, -0.1) is 0 Å². The van der Waals surface area contributed by atoms with Crippen molar-refractivity contribution < 1.29 is 27.9 Å². The molecule has 1 heterocycles. The average Bonchev–Trinajstić information content (AvgIpc) is 3.18. The van der Waals surface area contributed by atoms with Crippen molar-refractivity contribution in [1.82, 2.24) is 15.6 Å². The number of amides is 3. The maximum absolute atomic E-state index is 13.1. The second kappa shape index (κ2) is 9.79. The van der Waals surface area contributed by atoms with Crippen molar-refractivity contribution in [1.29, 1.82) is 0 Å². The molecule has 3 aromatic rings. The number of benzene rings is 2. The lowest BCUT2D eigenvalue weighted by atomic mass is 9.89. The van der Waals surface area contributed by atoms with Gasteiger partial charge in [0, 0.05) is 40.4 Å². The summed E-state index contributed by atoms with van der Waals surface area (Å²) in [5.41, 5.74) is 3.14. The smallest absolute Gasteiger partial charge is 0.395 e. The van der Waals surface area contributed by atoms with Crippen LogP contribution in [0.2, 0.25) is 5.02 Å². The van der Waals surface area contributed by atoms with E-state index in [-0.39, 0.29) is 30.8 Å². The van der Waals surface area contributed by atoms with Gasteiger partial charge in [0.15, 0.2) is 0 Å². The molecule has 1 aromatic heterocycles. The lowest BCUT2D eigenvalue weighted by Crippen LogP contribution is -2.41. The van der Waals surface area contributed by atoms with Crippen molar-refractivity contribution >= 4 is 40.1 Å². The highest BCUT2D eigenvalue weighted by Gasteiger charge is 2.33. The topological polar surface area (TPSA) is 106 Å². The van der Waals surface area contributed by atoms with Crippen molar-refractivity contribution in [3.63, 3.8) is 0 Å². The van der Waals surface area contributed by atoms with E-state index in [0.29, 0.717) is 24.8 Å². The minimum atomic E-state index is -4.64. The zero-order valence-corrected chi connectivity index (χ0v) is 19.5. The van der Waals surface area contributed by atoms with Gasteiger partial charge in [-0.3, -0.25) is 4.79 Å². The number of halogens is 4. The Labute approximate surface area is 204 Å². The molecule has 11 heteroatoms. The minimum Gasteiger partial charge on any atom is -0.395 e. The first-order valence-corrected chi connectivity index (χ1v) is 11.4. The highest BCUT2D eigenvalue weighted by molar-refractivity contribution is 6.31. The Morgan fingerprint density at radius 1 is 1.23 bits per heavy atom. The summed E-state index contributed by atoms with van der Waals surface area (Å²) >= 11 is 5.64. The third kappa shape index (κ3) is 5.23. The van der Waals surface area contributed by atoms with Crippen LogP contribution < -0.4 is 16.0 Å². The van der Waals surface area contributed by atoms with Crippen molar-refractivity contribution in [2.75, 3.05) is 18.5 Å². The highest BCUT2D eigenvalue weighted by Crippen LogP contribution is 2.36. The van der Waals surface area contributed by atoms with Crippen molar-refractivity contribution in [2.45, 2.75) is 38.4 Å². The van der Waals surface area contributed by atoms with E-state index in [9.17, 15) is 22.8 Å². The van der Waals surface area contributed by atoms with E-state index in [1.807, 2.05) is 13.0 Å². The molecule has 2 aromatic carbocycles. The predicted molar refractivity (Wildman–Crippen MR) is 127 cm³/mol. The zero-order chi connectivity index (χ0) is 25.3. The molecule has 35 heavy (non-hydrogen) atoms. The number of carbonyl (C=O) groups is 2. The SMILES string of the molecule is Cc1ccc(C(=O)NCCO)c2c3c([nH]c12)CCC(NC(=O)Nc1ccc(Cl)c(C(F)(F)F)c1)C3. The number of H-pyrrole nitrogens is 1. The molecule has 5 N–H and O–H groups in total. The number of alkyl halides is 3. The molecule has 0 saturated heterocycles. The fourth-order valence-corrected chi connectivity index (χ4v) is 4.64. The first-order valence-electron chi connectivity index (χ1n) is 11.0. The molecule has 4 rings (SSSR count). The number of fused-ring (bicyclic) bond motifs is 3. The van der Waals surface area contributed by atoms with Gasteiger partial charge in [0.2, 0.25) is 0 Å². The number of aryl methyl sites for hydroxylation is 2. The van der Waals surface area contributed by atoms with E-state index in [1.54, 1.807) is 6.07 Å². The zero-order valence-electron chi connectivity index (χ0n) is 18.8. The number of aliphatic hydroxyl groups excluding tert-OH is 1. The molecule has 186 valence electrons. The monoisotopic (exact) mass is 508 g/mol. The summed E-state index contributed by atoms with van der Waals surface area (Å²) in [4.78, 5) is 28.6. The summed E-state index contributed by atoms with van der Waals surface area (Å²) in [5, 5.41) is 17.3. The maximum atomic E-state index is 13.1. The third-order valence-corrected chi connectivity index (χ3v) is 6.39. The lowest BCUT2D eigenvalue weighted by Gasteiger charge is -2.24. The Morgan fingerprint density at radius 3 is 2.71 bits per heavy atom. The molecule has 0 radical (unpaired) electrons. The van der Waals surface area contributed by atoms with Gasteiger partial charge < -0.3 is 26.0 Å². The lowest BCUT2D eigenvalue weighted by molar-refractivity contribution is -0.137. The van der Waals surface area contributed by atoms with Gasteiger partial charge in [0.05, 0.1) is 17.2 Å². The standard InChI is InChI=1S/C24H24ClF3N4O3/c1-12-2-5-15(22(34)29-8-9-33)20-16-10-13(4-7-19(16)32-21(12)20)30-23(35)31-14-3-6-18(25)17(11-14)24(26,27)28/h2-3,5-6,11,13,32-33H,4,7-10H2,1H3,(H,29,34)(H2,30,31,35). The number of hydrogen-bond donors (Lipinski definition) is 5. The van der Waals surface area contributed by atoms with Gasteiger partial charge in [-0.25, -0.2) is 4.79 Å². The Balaban J connectivity index is 1.53. The van der Waals surface area contributed by atoms with Crippen molar-refractivity contribution in [2.24, 2.45) is 0 Å². The van der Waals surface area contributed by atoms with Crippen LogP contribution in [0.5, 0.6) is 0 Å². The second-order valence-electron chi connectivity index (χ2n) is 8.47. The van der Waals surface area contributed by atoms with Crippen LogP contribution in [0.1, 0.15) is 39.2 Å². The quantitative estimate of drug-likeness (QED) is 0.349. The summed E-state index contributed by atoms with van der Waals surface area (Å²) in [6.45, 7) is 1.89. The van der Waals surface area contributed by atoms with Crippen LogP contribution in [0.15, 0.2) is 30.3 Å². The fourth-order valence-electron chi connectivity index (χ4n) is 4.41. The van der Waals surface area contributed by atoms with Crippen LogP contribution in [0.3, 0.4) is 0 Å². The molecule has 1 aliphatic carbocycles. The Kier molecular flexibility index (Phi) is 6.95. The van der Waals surface area contributed by atoms with Crippen LogP contribution in [-0.2, 0) is 19.0 Å². The van der Waals surface area contributed by atoms with Crippen LogP contribution in [0.4, 0.5) is 23.7 Å². The van der Waals surface area contributed by atoms with Crippen LogP contribution in [0.25, 0.3) is 10.9 Å². The number of carbonyl (C=O) groups excluding carboxylic acids is 2. The van der Waals surface area contributed by atoms with E-state index in [1.165, 1.54) is 6.07 Å². The van der Waals surface area contributed by atoms with Gasteiger partial charge in [-0.1, -0.05) is 17.7 Å². The maximum Gasteiger partial charge on any atom is 0.417 e. The molecule has 0 aliphatic heterocycles. The number of hydrogen-bond acceptors (Lipinski definition) is 3. The molecule has 0 saturated carbocycles. The van der Waals surface area contributed by atoms with Gasteiger partial charge in [-0.2, -0.15) is 13.2 Å². The molecule has 1 aliphatic rings. The van der Waals surface area contributed by atoms with Crippen LogP contribution >= 0.6 is 11.6 Å². The number of aromatic amines is 1. The summed E-state index contributed by atoms with van der Waals surface area (Å²) in [7, 11) is 0. The van der Waals surface area contributed by atoms with E-state index >= 15 is 0 Å². The summed E-state index contributed by atoms with van der Waals surface area (Å²) in [5.74, 6) is -0.304. The Hall–Kier alpha value is -3.24. The second-order valence-corrected chi connectivity index (χ2v) is 8.88.